The number of fused-ring (bicyclic) bond motifs is 12. The zero-order valence-corrected chi connectivity index (χ0v) is 30.0. The minimum atomic E-state index is 0.840. The Balaban J connectivity index is 1.03. The molecule has 0 saturated carbocycles. The molecule has 0 spiro atoms. The van der Waals surface area contributed by atoms with Crippen LogP contribution >= 0.6 is 0 Å². The van der Waals surface area contributed by atoms with E-state index in [4.69, 9.17) is 18.8 Å². The topological polar surface area (TPSA) is 52.1 Å². The van der Waals surface area contributed by atoms with Crippen molar-refractivity contribution in [3.8, 4) is 44.6 Å². The number of para-hydroxylation sites is 4. The summed E-state index contributed by atoms with van der Waals surface area (Å²) in [6.07, 6.45) is 1.90. The maximum absolute atomic E-state index is 6.55. The van der Waals surface area contributed by atoms with Gasteiger partial charge in [-0.25, -0.2) is 4.98 Å². The standard InChI is InChI=1S/C52H30N2O2/c1-3-15-42-38(11-1)39-12-2-4-16-43(39)50-49(42)53-30-46(54-50)32-25-23-31(24-26-32)33-27-34(36-17-9-19-44-40-13-5-7-21-47(40)55-51(36)44)29-35(28-33)37-18-10-20-45-41-14-6-8-22-48(41)56-52(37)45/h1-30H. The SMILES string of the molecule is c1ccc2c(c1)oc1c(-c3cc(-c4ccc(-c5cnc6c7ccccc7c7ccccc7c6n5)cc4)cc(-c4cccc5c4oc4ccccc45)c3)cccc12. The first-order valence-corrected chi connectivity index (χ1v) is 18.9. The number of aromatic nitrogens is 2. The summed E-state index contributed by atoms with van der Waals surface area (Å²) in [7, 11) is 0. The Morgan fingerprint density at radius 3 is 1.34 bits per heavy atom. The van der Waals surface area contributed by atoms with E-state index in [1.807, 2.05) is 30.5 Å². The van der Waals surface area contributed by atoms with Crippen molar-refractivity contribution in [1.29, 1.82) is 0 Å². The Kier molecular flexibility index (Phi) is 6.60. The van der Waals surface area contributed by atoms with Gasteiger partial charge in [-0.15, -0.1) is 0 Å². The highest BCUT2D eigenvalue weighted by Crippen LogP contribution is 2.42. The average Bonchev–Trinajstić information content (AvgIpc) is 3.85. The molecule has 9 aromatic carbocycles. The lowest BCUT2D eigenvalue weighted by Gasteiger charge is -2.13. The Bertz CT molecular complexity index is 3370. The minimum absolute atomic E-state index is 0.840. The van der Waals surface area contributed by atoms with E-state index in [1.165, 1.54) is 10.8 Å². The van der Waals surface area contributed by atoms with Crippen LogP contribution in [0.4, 0.5) is 0 Å². The van der Waals surface area contributed by atoms with Crippen LogP contribution in [0.5, 0.6) is 0 Å². The van der Waals surface area contributed by atoms with E-state index in [9.17, 15) is 0 Å². The molecule has 0 N–H and O–H groups in total. The zero-order chi connectivity index (χ0) is 36.7. The van der Waals surface area contributed by atoms with Crippen molar-refractivity contribution in [2.45, 2.75) is 0 Å². The van der Waals surface area contributed by atoms with Gasteiger partial charge in [0.15, 0.2) is 0 Å². The van der Waals surface area contributed by atoms with Gasteiger partial charge in [-0.2, -0.15) is 0 Å². The highest BCUT2D eigenvalue weighted by Gasteiger charge is 2.18. The van der Waals surface area contributed by atoms with Gasteiger partial charge in [-0.05, 0) is 63.4 Å². The third-order valence-electron chi connectivity index (χ3n) is 11.3. The van der Waals surface area contributed by atoms with Gasteiger partial charge in [-0.3, -0.25) is 4.98 Å². The molecule has 3 heterocycles. The first-order valence-electron chi connectivity index (χ1n) is 18.9. The maximum atomic E-state index is 6.55. The smallest absolute Gasteiger partial charge is 0.143 e. The van der Waals surface area contributed by atoms with Crippen LogP contribution in [0, 0.1) is 0 Å². The highest BCUT2D eigenvalue weighted by atomic mass is 16.3. The molecule has 4 nitrogen and oxygen atoms in total. The molecule has 0 aliphatic rings. The highest BCUT2D eigenvalue weighted by molar-refractivity contribution is 6.23. The number of rotatable bonds is 4. The van der Waals surface area contributed by atoms with Gasteiger partial charge >= 0.3 is 0 Å². The van der Waals surface area contributed by atoms with E-state index in [0.29, 0.717) is 0 Å². The molecule has 56 heavy (non-hydrogen) atoms. The fourth-order valence-electron chi connectivity index (χ4n) is 8.65. The Hall–Kier alpha value is -7.56. The fraction of sp³-hybridized carbons (Fsp3) is 0. The summed E-state index contributed by atoms with van der Waals surface area (Å²) in [6.45, 7) is 0. The summed E-state index contributed by atoms with van der Waals surface area (Å²) in [5.41, 5.74) is 13.6. The average molecular weight is 715 g/mol. The summed E-state index contributed by atoms with van der Waals surface area (Å²) < 4.78 is 13.1. The van der Waals surface area contributed by atoms with Gasteiger partial charge in [-0.1, -0.05) is 146 Å². The summed E-state index contributed by atoms with van der Waals surface area (Å²) in [6, 6.07) is 61.8. The Labute approximate surface area is 320 Å². The molecular weight excluding hydrogens is 685 g/mol. The second-order valence-corrected chi connectivity index (χ2v) is 14.5. The molecule has 0 unspecified atom stereocenters. The van der Waals surface area contributed by atoms with E-state index in [2.05, 4.69) is 152 Å². The quantitative estimate of drug-likeness (QED) is 0.170. The zero-order valence-electron chi connectivity index (χ0n) is 30.0. The van der Waals surface area contributed by atoms with Crippen molar-refractivity contribution in [3.05, 3.63) is 182 Å². The summed E-state index contributed by atoms with van der Waals surface area (Å²) in [5, 5.41) is 9.03. The van der Waals surface area contributed by atoms with E-state index >= 15 is 0 Å². The molecule has 3 aromatic heterocycles. The lowest BCUT2D eigenvalue weighted by Crippen LogP contribution is -1.92. The van der Waals surface area contributed by atoms with E-state index in [-0.39, 0.29) is 0 Å². The van der Waals surface area contributed by atoms with Crippen LogP contribution < -0.4 is 0 Å². The first-order chi connectivity index (χ1) is 27.7. The van der Waals surface area contributed by atoms with Crippen LogP contribution in [0.1, 0.15) is 0 Å². The normalized spacial score (nSPS) is 11.9. The molecule has 0 aliphatic carbocycles. The summed E-state index contributed by atoms with van der Waals surface area (Å²) in [4.78, 5) is 10.3. The van der Waals surface area contributed by atoms with Gasteiger partial charge in [0, 0.05) is 49.0 Å². The molecule has 12 aromatic rings. The van der Waals surface area contributed by atoms with Crippen molar-refractivity contribution in [3.63, 3.8) is 0 Å². The monoisotopic (exact) mass is 714 g/mol. The second kappa shape index (κ2) is 12.0. The molecule has 4 heteroatoms. The Morgan fingerprint density at radius 1 is 0.321 bits per heavy atom. The summed E-state index contributed by atoms with van der Waals surface area (Å²) >= 11 is 0. The van der Waals surface area contributed by atoms with E-state index < -0.39 is 0 Å². The fourth-order valence-corrected chi connectivity index (χ4v) is 8.65. The van der Waals surface area contributed by atoms with Gasteiger partial charge in [0.25, 0.3) is 0 Å². The number of hydrogen-bond acceptors (Lipinski definition) is 4. The number of hydrogen-bond donors (Lipinski definition) is 0. The molecular formula is C52H30N2O2. The molecule has 0 amide bonds. The van der Waals surface area contributed by atoms with Crippen LogP contribution in [0.15, 0.2) is 191 Å². The molecule has 12 rings (SSSR count). The first kappa shape index (κ1) is 30.9. The second-order valence-electron chi connectivity index (χ2n) is 14.5. The molecule has 0 radical (unpaired) electrons. The predicted molar refractivity (Wildman–Crippen MR) is 231 cm³/mol. The van der Waals surface area contributed by atoms with Crippen LogP contribution in [0.25, 0.3) is 121 Å². The lowest BCUT2D eigenvalue weighted by molar-refractivity contribution is 0.670. The Morgan fingerprint density at radius 2 is 0.768 bits per heavy atom. The third kappa shape index (κ3) is 4.66. The number of nitrogens with zero attached hydrogens (tertiary/aromatic N) is 2. The van der Waals surface area contributed by atoms with E-state index in [0.717, 1.165) is 110 Å². The van der Waals surface area contributed by atoms with Crippen molar-refractivity contribution in [2.24, 2.45) is 0 Å². The molecule has 260 valence electrons. The molecule has 0 atom stereocenters. The van der Waals surface area contributed by atoms with Gasteiger partial charge < -0.3 is 8.83 Å². The maximum Gasteiger partial charge on any atom is 0.143 e. The molecule has 0 bridgehead atoms. The summed E-state index contributed by atoms with van der Waals surface area (Å²) in [5.74, 6) is 0. The lowest BCUT2D eigenvalue weighted by atomic mass is 9.91. The largest absolute Gasteiger partial charge is 0.455 e. The van der Waals surface area contributed by atoms with Crippen LogP contribution in [-0.2, 0) is 0 Å². The van der Waals surface area contributed by atoms with Crippen molar-refractivity contribution in [1.82, 2.24) is 9.97 Å². The van der Waals surface area contributed by atoms with Crippen LogP contribution in [0.2, 0.25) is 0 Å². The predicted octanol–water partition coefficient (Wildman–Crippen LogP) is 14.4. The van der Waals surface area contributed by atoms with E-state index in [1.54, 1.807) is 0 Å². The molecule has 0 fully saturated rings. The van der Waals surface area contributed by atoms with Crippen molar-refractivity contribution < 1.29 is 8.83 Å². The van der Waals surface area contributed by atoms with Gasteiger partial charge in [0.2, 0.25) is 0 Å². The minimum Gasteiger partial charge on any atom is -0.455 e. The van der Waals surface area contributed by atoms with Gasteiger partial charge in [0.05, 0.1) is 22.9 Å². The third-order valence-corrected chi connectivity index (χ3v) is 11.3. The molecule has 0 saturated heterocycles. The number of furan rings is 2. The van der Waals surface area contributed by atoms with Crippen molar-refractivity contribution >= 4 is 76.5 Å². The van der Waals surface area contributed by atoms with Gasteiger partial charge in [0.1, 0.15) is 22.3 Å². The van der Waals surface area contributed by atoms with Crippen LogP contribution in [-0.4, -0.2) is 9.97 Å². The van der Waals surface area contributed by atoms with Crippen molar-refractivity contribution in [2.75, 3.05) is 0 Å². The molecule has 0 aliphatic heterocycles. The number of benzene rings is 9. The van der Waals surface area contributed by atoms with Crippen LogP contribution in [0.3, 0.4) is 0 Å².